The first-order chi connectivity index (χ1) is 6.75. The van der Waals surface area contributed by atoms with Gasteiger partial charge in [0.15, 0.2) is 0 Å². The van der Waals surface area contributed by atoms with Crippen molar-refractivity contribution in [1.29, 1.82) is 0 Å². The van der Waals surface area contributed by atoms with Crippen LogP contribution in [0.2, 0.25) is 5.02 Å². The molecule has 0 aliphatic heterocycles. The number of hydrogen-bond donors (Lipinski definition) is 2. The maximum Gasteiger partial charge on any atom is 0.419 e. The number of anilines is 1. The summed E-state index contributed by atoms with van der Waals surface area (Å²) in [5.74, 6) is -1.70. The van der Waals surface area contributed by atoms with Gasteiger partial charge >= 0.3 is 12.1 Å². The summed E-state index contributed by atoms with van der Waals surface area (Å²) in [5, 5.41) is 8.22. The van der Waals surface area contributed by atoms with Gasteiger partial charge in [0.1, 0.15) is 0 Å². The van der Waals surface area contributed by atoms with Crippen LogP contribution in [0.25, 0.3) is 0 Å². The molecule has 0 saturated heterocycles. The van der Waals surface area contributed by atoms with Crippen molar-refractivity contribution >= 4 is 23.3 Å². The van der Waals surface area contributed by atoms with Crippen molar-refractivity contribution in [3.8, 4) is 0 Å². The second-order valence-corrected chi connectivity index (χ2v) is 3.09. The highest BCUT2D eigenvalue weighted by atomic mass is 35.5. The number of hydrogen-bond acceptors (Lipinski definition) is 2. The minimum Gasteiger partial charge on any atom is -0.478 e. The van der Waals surface area contributed by atoms with Crippen molar-refractivity contribution in [2.45, 2.75) is 6.18 Å². The average molecular weight is 240 g/mol. The lowest BCUT2D eigenvalue weighted by molar-refractivity contribution is -0.137. The Labute approximate surface area is 87.3 Å². The fraction of sp³-hybridized carbons (Fsp3) is 0.125. The van der Waals surface area contributed by atoms with Gasteiger partial charge in [0.25, 0.3) is 0 Å². The molecule has 3 N–H and O–H groups in total. The molecule has 0 aliphatic carbocycles. The van der Waals surface area contributed by atoms with E-state index in [0.717, 1.165) is 12.1 Å². The number of aromatic carboxylic acids is 1. The zero-order valence-electron chi connectivity index (χ0n) is 7.10. The van der Waals surface area contributed by atoms with Crippen LogP contribution in [0, 0.1) is 0 Å². The summed E-state index contributed by atoms with van der Waals surface area (Å²) in [6, 6.07) is 1.78. The van der Waals surface area contributed by atoms with Crippen LogP contribution in [-0.2, 0) is 6.18 Å². The number of carboxylic acids is 1. The van der Waals surface area contributed by atoms with Crippen LogP contribution in [0.5, 0.6) is 0 Å². The van der Waals surface area contributed by atoms with Crippen LogP contribution in [-0.4, -0.2) is 11.1 Å². The Kier molecular flexibility index (Phi) is 2.81. The van der Waals surface area contributed by atoms with Gasteiger partial charge in [-0.3, -0.25) is 0 Å². The molecule has 0 amide bonds. The summed E-state index contributed by atoms with van der Waals surface area (Å²) < 4.78 is 37.3. The van der Waals surface area contributed by atoms with Crippen molar-refractivity contribution in [1.82, 2.24) is 0 Å². The van der Waals surface area contributed by atoms with E-state index in [1.165, 1.54) is 0 Å². The maximum atomic E-state index is 12.4. The Hall–Kier alpha value is -1.43. The van der Waals surface area contributed by atoms with E-state index in [-0.39, 0.29) is 5.02 Å². The van der Waals surface area contributed by atoms with Crippen molar-refractivity contribution < 1.29 is 23.1 Å². The number of nitrogen functional groups attached to an aromatic ring is 1. The normalized spacial score (nSPS) is 11.5. The van der Waals surface area contributed by atoms with Gasteiger partial charge in [0.2, 0.25) is 0 Å². The summed E-state index contributed by atoms with van der Waals surface area (Å²) in [4.78, 5) is 10.5. The third-order valence-corrected chi connectivity index (χ3v) is 2.04. The number of halogens is 4. The predicted octanol–water partition coefficient (Wildman–Crippen LogP) is 2.64. The van der Waals surface area contributed by atoms with E-state index in [9.17, 15) is 18.0 Å². The Morgan fingerprint density at radius 3 is 2.33 bits per heavy atom. The molecule has 82 valence electrons. The number of alkyl halides is 3. The zero-order valence-corrected chi connectivity index (χ0v) is 7.86. The molecule has 0 atom stereocenters. The monoisotopic (exact) mass is 239 g/mol. The van der Waals surface area contributed by atoms with Crippen LogP contribution in [0.15, 0.2) is 12.1 Å². The summed E-state index contributed by atoms with van der Waals surface area (Å²) in [5.41, 5.74) is 1.99. The molecule has 3 nitrogen and oxygen atoms in total. The molecule has 1 aromatic carbocycles. The van der Waals surface area contributed by atoms with Gasteiger partial charge in [-0.05, 0) is 12.1 Å². The van der Waals surface area contributed by atoms with Gasteiger partial charge < -0.3 is 10.8 Å². The Bertz CT molecular complexity index is 417. The molecule has 0 saturated carbocycles. The lowest BCUT2D eigenvalue weighted by Gasteiger charge is -2.13. The van der Waals surface area contributed by atoms with Crippen molar-refractivity contribution in [2.75, 3.05) is 5.73 Å². The van der Waals surface area contributed by atoms with E-state index in [2.05, 4.69) is 0 Å². The van der Waals surface area contributed by atoms with Crippen LogP contribution in [0.1, 0.15) is 15.9 Å². The van der Waals surface area contributed by atoms with Crippen molar-refractivity contribution in [2.24, 2.45) is 0 Å². The fourth-order valence-electron chi connectivity index (χ4n) is 1.08. The highest BCUT2D eigenvalue weighted by Crippen LogP contribution is 2.39. The predicted molar refractivity (Wildman–Crippen MR) is 47.8 cm³/mol. The molecule has 0 radical (unpaired) electrons. The number of rotatable bonds is 1. The highest BCUT2D eigenvalue weighted by molar-refractivity contribution is 6.33. The van der Waals surface area contributed by atoms with E-state index in [1.807, 2.05) is 0 Å². The Morgan fingerprint density at radius 1 is 1.40 bits per heavy atom. The average Bonchev–Trinajstić information content (AvgIpc) is 2.06. The lowest BCUT2D eigenvalue weighted by Crippen LogP contribution is -2.15. The summed E-state index contributed by atoms with van der Waals surface area (Å²) >= 11 is 5.38. The van der Waals surface area contributed by atoms with E-state index >= 15 is 0 Å². The molecule has 1 rings (SSSR count). The van der Waals surface area contributed by atoms with Crippen LogP contribution < -0.4 is 5.73 Å². The lowest BCUT2D eigenvalue weighted by atomic mass is 10.1. The van der Waals surface area contributed by atoms with E-state index in [1.54, 1.807) is 0 Å². The summed E-state index contributed by atoms with van der Waals surface area (Å²) in [6.07, 6.45) is -4.84. The molecule has 0 aliphatic rings. The maximum absolute atomic E-state index is 12.4. The molecule has 7 heteroatoms. The summed E-state index contributed by atoms with van der Waals surface area (Å²) in [7, 11) is 0. The zero-order chi connectivity index (χ0) is 11.8. The molecule has 0 spiro atoms. The first-order valence-corrected chi connectivity index (χ1v) is 4.01. The first-order valence-electron chi connectivity index (χ1n) is 3.63. The third kappa shape index (κ3) is 2.15. The Morgan fingerprint density at radius 2 is 1.93 bits per heavy atom. The molecule has 0 bridgehead atoms. The van der Waals surface area contributed by atoms with Gasteiger partial charge in [-0.25, -0.2) is 4.79 Å². The third-order valence-electron chi connectivity index (χ3n) is 1.71. The van der Waals surface area contributed by atoms with Gasteiger partial charge in [-0.2, -0.15) is 13.2 Å². The topological polar surface area (TPSA) is 63.3 Å². The molecule has 0 aromatic heterocycles. The number of benzene rings is 1. The van der Waals surface area contributed by atoms with Crippen molar-refractivity contribution in [3.63, 3.8) is 0 Å². The van der Waals surface area contributed by atoms with Gasteiger partial charge in [-0.1, -0.05) is 11.6 Å². The second kappa shape index (κ2) is 3.62. The van der Waals surface area contributed by atoms with E-state index in [4.69, 9.17) is 22.4 Å². The number of nitrogens with two attached hydrogens (primary N) is 1. The van der Waals surface area contributed by atoms with Gasteiger partial charge in [-0.15, -0.1) is 0 Å². The van der Waals surface area contributed by atoms with Crippen LogP contribution in [0.4, 0.5) is 18.9 Å². The molecule has 1 aromatic rings. The van der Waals surface area contributed by atoms with E-state index < -0.39 is 29.0 Å². The van der Waals surface area contributed by atoms with Crippen LogP contribution >= 0.6 is 11.6 Å². The minimum absolute atomic E-state index is 0.327. The molecular formula is C8H5ClF3NO2. The number of carbonyl (C=O) groups is 1. The molecular weight excluding hydrogens is 235 g/mol. The van der Waals surface area contributed by atoms with Gasteiger partial charge in [0, 0.05) is 0 Å². The molecule has 0 heterocycles. The number of carboxylic acid groups (broad SMARTS) is 1. The van der Waals surface area contributed by atoms with Crippen LogP contribution in [0.3, 0.4) is 0 Å². The smallest absolute Gasteiger partial charge is 0.419 e. The second-order valence-electron chi connectivity index (χ2n) is 2.69. The fourth-order valence-corrected chi connectivity index (χ4v) is 1.24. The Balaban J connectivity index is 3.57. The summed E-state index contributed by atoms with van der Waals surface area (Å²) in [6.45, 7) is 0. The van der Waals surface area contributed by atoms with E-state index in [0.29, 0.717) is 0 Å². The largest absolute Gasteiger partial charge is 0.478 e. The molecule has 15 heavy (non-hydrogen) atoms. The SMILES string of the molecule is Nc1c(Cl)ccc(C(=O)O)c1C(F)(F)F. The van der Waals surface area contributed by atoms with Gasteiger partial charge in [0.05, 0.1) is 21.8 Å². The highest BCUT2D eigenvalue weighted by Gasteiger charge is 2.38. The molecule has 0 unspecified atom stereocenters. The minimum atomic E-state index is -4.84. The van der Waals surface area contributed by atoms with Crippen molar-refractivity contribution in [3.05, 3.63) is 28.3 Å². The standard InChI is InChI=1S/C8H5ClF3NO2/c9-4-2-1-3(7(14)15)5(6(4)13)8(10,11)12/h1-2H,13H2,(H,14,15). The first kappa shape index (κ1) is 11.6. The molecule has 0 fully saturated rings. The quantitative estimate of drug-likeness (QED) is 0.741.